The number of anilines is 2. The molecule has 0 atom stereocenters. The molecule has 0 unspecified atom stereocenters. The van der Waals surface area contributed by atoms with Crippen LogP contribution < -0.4 is 11.5 Å². The topological polar surface area (TPSA) is 52.0 Å². The van der Waals surface area contributed by atoms with E-state index in [1.54, 1.807) is 0 Å². The van der Waals surface area contributed by atoms with Gasteiger partial charge in [0.05, 0.1) is 0 Å². The summed E-state index contributed by atoms with van der Waals surface area (Å²) in [6, 6.07) is 5.27. The second-order valence-electron chi connectivity index (χ2n) is 5.56. The molecule has 0 radical (unpaired) electrons. The second-order valence-corrected chi connectivity index (χ2v) is 5.56. The number of benzene rings is 2. The van der Waals surface area contributed by atoms with Gasteiger partial charge in [-0.2, -0.15) is 35.1 Å². The van der Waals surface area contributed by atoms with Gasteiger partial charge in [0.2, 0.25) is 0 Å². The summed E-state index contributed by atoms with van der Waals surface area (Å²) in [4.78, 5) is 0. The van der Waals surface area contributed by atoms with E-state index in [0.29, 0.717) is 24.3 Å². The third-order valence-electron chi connectivity index (χ3n) is 3.94. The number of rotatable bonds is 3. The van der Waals surface area contributed by atoms with Crippen LogP contribution >= 0.6 is 0 Å². The van der Waals surface area contributed by atoms with Crippen molar-refractivity contribution in [2.45, 2.75) is 23.7 Å². The Hall–Kier alpha value is -2.52. The minimum atomic E-state index is -6.48. The molecular formula is C16H12F8N2. The number of alkyl halides is 8. The van der Waals surface area contributed by atoms with Crippen LogP contribution in [0.15, 0.2) is 48.5 Å². The highest BCUT2D eigenvalue weighted by molar-refractivity contribution is 5.52. The van der Waals surface area contributed by atoms with Crippen molar-refractivity contribution in [3.8, 4) is 0 Å². The Morgan fingerprint density at radius 1 is 0.500 bits per heavy atom. The Kier molecular flexibility index (Phi) is 4.59. The van der Waals surface area contributed by atoms with E-state index in [9.17, 15) is 35.1 Å². The maximum absolute atomic E-state index is 14.4. The molecule has 0 heterocycles. The zero-order valence-electron chi connectivity index (χ0n) is 12.8. The van der Waals surface area contributed by atoms with Crippen molar-refractivity contribution in [3.63, 3.8) is 0 Å². The molecule has 0 aromatic heterocycles. The van der Waals surface area contributed by atoms with Crippen molar-refractivity contribution in [2.24, 2.45) is 0 Å². The lowest BCUT2D eigenvalue weighted by atomic mass is 9.68. The van der Waals surface area contributed by atoms with Crippen LogP contribution in [0.5, 0.6) is 0 Å². The van der Waals surface area contributed by atoms with E-state index in [-0.39, 0.29) is 11.4 Å². The lowest BCUT2D eigenvalue weighted by Crippen LogP contribution is -2.62. The summed E-state index contributed by atoms with van der Waals surface area (Å²) in [6.07, 6.45) is -12.5. The van der Waals surface area contributed by atoms with Crippen LogP contribution in [-0.4, -0.2) is 18.3 Å². The molecule has 10 heteroatoms. The molecule has 2 nitrogen and oxygen atoms in total. The Morgan fingerprint density at radius 2 is 0.808 bits per heavy atom. The lowest BCUT2D eigenvalue weighted by molar-refractivity contribution is -0.348. The second kappa shape index (κ2) is 6.03. The Labute approximate surface area is 142 Å². The van der Waals surface area contributed by atoms with Gasteiger partial charge in [0, 0.05) is 11.4 Å². The number of nitrogen functional groups attached to an aromatic ring is 2. The first-order valence-corrected chi connectivity index (χ1v) is 6.98. The highest BCUT2D eigenvalue weighted by Crippen LogP contribution is 2.60. The average Bonchev–Trinajstić information content (AvgIpc) is 2.49. The van der Waals surface area contributed by atoms with Crippen LogP contribution in [0, 0.1) is 0 Å². The Balaban J connectivity index is 2.99. The van der Waals surface area contributed by atoms with Gasteiger partial charge >= 0.3 is 18.3 Å². The zero-order chi connectivity index (χ0) is 20.0. The summed E-state index contributed by atoms with van der Waals surface area (Å²) in [5, 5.41) is 0. The van der Waals surface area contributed by atoms with E-state index in [4.69, 9.17) is 11.5 Å². The van der Waals surface area contributed by atoms with Gasteiger partial charge in [-0.25, -0.2) is 0 Å². The number of nitrogens with two attached hydrogens (primary N) is 2. The molecule has 0 aliphatic carbocycles. The standard InChI is InChI=1S/C16H12F8N2/c17-14(18,16(22,23)24)13(15(19,20)21,9-1-5-11(25)6-2-9)10-3-7-12(26)8-4-10/h1-8H,25-26H2. The van der Waals surface area contributed by atoms with Gasteiger partial charge in [-0.05, 0) is 35.4 Å². The van der Waals surface area contributed by atoms with E-state index in [2.05, 4.69) is 0 Å². The van der Waals surface area contributed by atoms with Crippen LogP contribution in [0.1, 0.15) is 11.1 Å². The summed E-state index contributed by atoms with van der Waals surface area (Å²) in [5.74, 6) is -6.18. The van der Waals surface area contributed by atoms with E-state index in [1.165, 1.54) is 0 Å². The molecule has 0 amide bonds. The fraction of sp³-hybridized carbons (Fsp3) is 0.250. The maximum Gasteiger partial charge on any atom is 0.454 e. The van der Waals surface area contributed by atoms with Gasteiger partial charge < -0.3 is 11.5 Å². The SMILES string of the molecule is Nc1ccc(C(c2ccc(N)cc2)(C(F)(F)F)C(F)(F)C(F)(F)F)cc1. The zero-order valence-corrected chi connectivity index (χ0v) is 12.8. The molecule has 0 aliphatic heterocycles. The van der Waals surface area contributed by atoms with Crippen molar-refractivity contribution in [1.29, 1.82) is 0 Å². The molecule has 0 saturated carbocycles. The van der Waals surface area contributed by atoms with Crippen molar-refractivity contribution >= 4 is 11.4 Å². The van der Waals surface area contributed by atoms with Crippen LogP contribution in [0.25, 0.3) is 0 Å². The fourth-order valence-electron chi connectivity index (χ4n) is 2.71. The minimum Gasteiger partial charge on any atom is -0.399 e. The molecule has 2 aromatic carbocycles. The van der Waals surface area contributed by atoms with Crippen molar-refractivity contribution in [3.05, 3.63) is 59.7 Å². The largest absolute Gasteiger partial charge is 0.454 e. The van der Waals surface area contributed by atoms with Gasteiger partial charge in [-0.3, -0.25) is 0 Å². The van der Waals surface area contributed by atoms with Crippen molar-refractivity contribution in [1.82, 2.24) is 0 Å². The van der Waals surface area contributed by atoms with Gasteiger partial charge in [0.1, 0.15) is 0 Å². The third-order valence-corrected chi connectivity index (χ3v) is 3.94. The molecule has 0 spiro atoms. The number of hydrogen-bond acceptors (Lipinski definition) is 2. The van der Waals surface area contributed by atoms with E-state index in [0.717, 1.165) is 24.3 Å². The molecule has 0 fully saturated rings. The summed E-state index contributed by atoms with van der Waals surface area (Å²) in [6.45, 7) is 0. The molecule has 0 saturated heterocycles. The van der Waals surface area contributed by atoms with Gasteiger partial charge in [0.25, 0.3) is 0 Å². The van der Waals surface area contributed by atoms with Gasteiger partial charge in [-0.1, -0.05) is 24.3 Å². The molecule has 142 valence electrons. The highest BCUT2D eigenvalue weighted by atomic mass is 19.4. The van der Waals surface area contributed by atoms with Gasteiger partial charge in [-0.15, -0.1) is 0 Å². The summed E-state index contributed by atoms with van der Waals surface area (Å²) < 4.78 is 110. The molecule has 26 heavy (non-hydrogen) atoms. The van der Waals surface area contributed by atoms with Crippen molar-refractivity contribution < 1.29 is 35.1 Å². The molecule has 2 rings (SSSR count). The Bertz CT molecular complexity index is 715. The predicted molar refractivity (Wildman–Crippen MR) is 79.5 cm³/mol. The number of hydrogen-bond donors (Lipinski definition) is 2. The summed E-state index contributed by atoms with van der Waals surface area (Å²) in [5.41, 5.74) is 3.17. The number of halogens is 8. The first-order valence-electron chi connectivity index (χ1n) is 6.98. The van der Waals surface area contributed by atoms with Crippen LogP contribution in [0.4, 0.5) is 46.5 Å². The van der Waals surface area contributed by atoms with Gasteiger partial charge in [0.15, 0.2) is 5.41 Å². The quantitative estimate of drug-likeness (QED) is 0.584. The smallest absolute Gasteiger partial charge is 0.399 e. The molecule has 2 aromatic rings. The Morgan fingerprint density at radius 3 is 1.04 bits per heavy atom. The normalized spacial score (nSPS) is 13.7. The molecule has 0 bridgehead atoms. The maximum atomic E-state index is 14.4. The lowest BCUT2D eigenvalue weighted by Gasteiger charge is -2.43. The van der Waals surface area contributed by atoms with Crippen LogP contribution in [0.3, 0.4) is 0 Å². The minimum absolute atomic E-state index is 0.0996. The van der Waals surface area contributed by atoms with E-state index < -0.39 is 34.8 Å². The third kappa shape index (κ3) is 2.82. The predicted octanol–water partition coefficient (Wildman–Crippen LogP) is 4.90. The first-order chi connectivity index (χ1) is 11.7. The fourth-order valence-corrected chi connectivity index (χ4v) is 2.71. The summed E-state index contributed by atoms with van der Waals surface area (Å²) >= 11 is 0. The molecule has 0 aliphatic rings. The van der Waals surface area contributed by atoms with Crippen molar-refractivity contribution in [2.75, 3.05) is 11.5 Å². The van der Waals surface area contributed by atoms with Crippen LogP contribution in [-0.2, 0) is 5.41 Å². The average molecular weight is 384 g/mol. The monoisotopic (exact) mass is 384 g/mol. The summed E-state index contributed by atoms with van der Waals surface area (Å²) in [7, 11) is 0. The molecule has 4 N–H and O–H groups in total. The van der Waals surface area contributed by atoms with E-state index in [1.807, 2.05) is 0 Å². The van der Waals surface area contributed by atoms with Crippen LogP contribution in [0.2, 0.25) is 0 Å². The first kappa shape index (κ1) is 19.8. The molecular weight excluding hydrogens is 372 g/mol. The van der Waals surface area contributed by atoms with E-state index >= 15 is 0 Å². The highest BCUT2D eigenvalue weighted by Gasteiger charge is 2.80.